The Morgan fingerprint density at radius 2 is 1.10 bits per heavy atom. The predicted molar refractivity (Wildman–Crippen MR) is 255 cm³/mol. The zero-order valence-electron chi connectivity index (χ0n) is 36.2. The van der Waals surface area contributed by atoms with Gasteiger partial charge in [-0.2, -0.15) is 19.6 Å². The number of anilines is 3. The smallest absolute Gasteiger partial charge is 0.337 e. The van der Waals surface area contributed by atoms with E-state index in [0.29, 0.717) is 23.0 Å². The Morgan fingerprint density at radius 1 is 0.629 bits per heavy atom. The van der Waals surface area contributed by atoms with Crippen LogP contribution in [0.15, 0.2) is 16.1 Å². The summed E-state index contributed by atoms with van der Waals surface area (Å²) in [5.74, 6) is 0.870. The zero-order chi connectivity index (χ0) is 44.0. The number of hydrogen-bond acceptors (Lipinski definition) is 12. The lowest BCUT2D eigenvalue weighted by Crippen LogP contribution is -2.19. The minimum Gasteiger partial charge on any atom is -0.478 e. The quantitative estimate of drug-likeness (QED) is 0.107. The third-order valence-corrected chi connectivity index (χ3v) is 14.7. The number of carboxylic acid groups (broad SMARTS) is 1. The van der Waals surface area contributed by atoms with E-state index in [1.165, 1.54) is 40.1 Å². The van der Waals surface area contributed by atoms with Crippen LogP contribution in [0.1, 0.15) is 163 Å². The molecule has 6 aromatic heterocycles. The number of rotatable bonds is 6. The Morgan fingerprint density at radius 3 is 1.61 bits per heavy atom. The van der Waals surface area contributed by atoms with Crippen LogP contribution in [0.5, 0.6) is 0 Å². The minimum atomic E-state index is -0.805. The number of aromatic carboxylic acids is 1. The van der Waals surface area contributed by atoms with Crippen molar-refractivity contribution in [1.29, 1.82) is 0 Å². The average Bonchev–Trinajstić information content (AvgIpc) is 4.13. The molecule has 0 aromatic carbocycles. The highest BCUT2D eigenvalue weighted by Crippen LogP contribution is 2.31. The number of carboxylic acids is 1. The number of nitrogens with zero attached hydrogens (tertiary/aromatic N) is 5. The van der Waals surface area contributed by atoms with Gasteiger partial charge in [0.2, 0.25) is 0 Å². The number of aryl methyl sites for hydroxylation is 8. The summed E-state index contributed by atoms with van der Waals surface area (Å²) in [6.07, 6.45) is 15.5. The van der Waals surface area contributed by atoms with E-state index in [0.717, 1.165) is 148 Å². The highest BCUT2D eigenvalue weighted by atomic mass is 32.1. The van der Waals surface area contributed by atoms with Crippen molar-refractivity contribution in [2.75, 3.05) is 17.2 Å². The van der Waals surface area contributed by atoms with E-state index in [2.05, 4.69) is 45.0 Å². The summed E-state index contributed by atoms with van der Waals surface area (Å²) in [6, 6.07) is 0. The largest absolute Gasteiger partial charge is 0.478 e. The van der Waals surface area contributed by atoms with Crippen LogP contribution in [0.25, 0.3) is 0 Å². The monoisotopic (exact) mass is 901 g/mol. The average molecular weight is 902 g/mol. The number of nitrogens with one attached hydrogen (secondary N) is 1. The van der Waals surface area contributed by atoms with E-state index in [1.54, 1.807) is 27.4 Å². The molecule has 16 heteroatoms. The van der Waals surface area contributed by atoms with Gasteiger partial charge in [-0.1, -0.05) is 28.2 Å². The molecule has 6 aromatic rings. The zero-order valence-corrected chi connectivity index (χ0v) is 38.7. The lowest BCUT2D eigenvalue weighted by Gasteiger charge is -2.13. The summed E-state index contributed by atoms with van der Waals surface area (Å²) in [5, 5.41) is 30.5. The Labute approximate surface area is 377 Å². The highest BCUT2D eigenvalue weighted by Gasteiger charge is 2.27. The molecule has 9 rings (SSSR count). The Bertz CT molecular complexity index is 2510. The van der Waals surface area contributed by atoms with Crippen molar-refractivity contribution < 1.29 is 19.5 Å². The molecule has 0 unspecified atom stereocenters. The maximum Gasteiger partial charge on any atom is 0.337 e. The van der Waals surface area contributed by atoms with Gasteiger partial charge in [-0.3, -0.25) is 14.7 Å². The van der Waals surface area contributed by atoms with Gasteiger partial charge in [-0.25, -0.2) is 4.79 Å². The number of aromatic amines is 1. The first kappa shape index (κ1) is 48.0. The summed E-state index contributed by atoms with van der Waals surface area (Å²) in [4.78, 5) is 39.3. The summed E-state index contributed by atoms with van der Waals surface area (Å²) in [5.41, 5.74) is 29.7. The van der Waals surface area contributed by atoms with Crippen molar-refractivity contribution in [3.05, 3.63) is 97.9 Å². The number of fused-ring (bicyclic) bond motifs is 3. The number of nitrogen functional groups attached to an aromatic ring is 3. The van der Waals surface area contributed by atoms with E-state index in [1.807, 2.05) is 33.1 Å². The standard InChI is InChI=1S/2C15H19N3OS.C8H10O2S.C7H11N3.CH4/c1-3-10-8-20-9(2)13(10)15(19)18-12-7-5-4-6-11(12)14(16)17-18;1-3-10-8-20-9(2)13(10)15(19)18-14(16)11-6-4-5-7-12(11)17-18;1-3-6-4-11-5(2)7(6)8(9)10;8-7-5-3-1-2-4-6(5)9-10-7;/h8H,3-7H2,1-2H3,(H2,16,17);8H,3-7,16H2,1-2H3;4H,3H2,1-2H3,(H,9,10);1-4H2,(H3,8,9,10);1H4. The lowest BCUT2D eigenvalue weighted by atomic mass is 9.97. The van der Waals surface area contributed by atoms with Gasteiger partial charge in [0.1, 0.15) is 17.5 Å². The van der Waals surface area contributed by atoms with Gasteiger partial charge in [0.25, 0.3) is 11.8 Å². The van der Waals surface area contributed by atoms with Gasteiger partial charge in [0.15, 0.2) is 0 Å². The SMILES string of the molecule is C.CCc1csc(C)c1C(=O)O.CCc1csc(C)c1C(=O)n1nc(N)c2c1CCCC2.CCc1csc(C)c1C(=O)n1nc2c(c1N)CCCC2.Nc1n[nH]c2c1CCCC2. The van der Waals surface area contributed by atoms with Crippen molar-refractivity contribution in [2.24, 2.45) is 0 Å². The summed E-state index contributed by atoms with van der Waals surface area (Å²) >= 11 is 4.75. The molecule has 334 valence electrons. The van der Waals surface area contributed by atoms with Gasteiger partial charge in [-0.15, -0.1) is 39.1 Å². The molecule has 0 amide bonds. The van der Waals surface area contributed by atoms with Gasteiger partial charge >= 0.3 is 5.97 Å². The van der Waals surface area contributed by atoms with E-state index in [-0.39, 0.29) is 19.2 Å². The summed E-state index contributed by atoms with van der Waals surface area (Å²) < 4.78 is 2.97. The maximum absolute atomic E-state index is 12.8. The van der Waals surface area contributed by atoms with Crippen molar-refractivity contribution >= 4 is 69.2 Å². The topological polar surface area (TPSA) is 214 Å². The first-order valence-electron chi connectivity index (χ1n) is 21.4. The summed E-state index contributed by atoms with van der Waals surface area (Å²) in [7, 11) is 0. The molecule has 62 heavy (non-hydrogen) atoms. The van der Waals surface area contributed by atoms with Crippen LogP contribution >= 0.6 is 34.0 Å². The van der Waals surface area contributed by atoms with Crippen LogP contribution in [0.4, 0.5) is 17.5 Å². The molecule has 0 fully saturated rings. The van der Waals surface area contributed by atoms with Crippen LogP contribution in [-0.4, -0.2) is 52.6 Å². The van der Waals surface area contributed by atoms with Crippen LogP contribution in [0.3, 0.4) is 0 Å². The molecule has 0 aliphatic heterocycles. The Balaban J connectivity index is 0.000000162. The second kappa shape index (κ2) is 21.3. The molecule has 3 aliphatic carbocycles. The van der Waals surface area contributed by atoms with Crippen LogP contribution in [0.2, 0.25) is 0 Å². The van der Waals surface area contributed by atoms with Crippen molar-refractivity contribution in [2.45, 2.75) is 145 Å². The fourth-order valence-corrected chi connectivity index (χ4v) is 11.2. The third-order valence-electron chi connectivity index (χ3n) is 11.8. The van der Waals surface area contributed by atoms with Crippen molar-refractivity contribution in [3.63, 3.8) is 0 Å². The highest BCUT2D eigenvalue weighted by molar-refractivity contribution is 7.11. The maximum atomic E-state index is 12.8. The lowest BCUT2D eigenvalue weighted by molar-refractivity contribution is 0.0695. The predicted octanol–water partition coefficient (Wildman–Crippen LogP) is 9.75. The van der Waals surface area contributed by atoms with E-state index in [9.17, 15) is 14.4 Å². The summed E-state index contributed by atoms with van der Waals surface area (Å²) in [6.45, 7) is 11.9. The number of carbonyl (C=O) groups excluding carboxylic acids is 2. The number of thiophene rings is 3. The molecule has 3 aliphatic rings. The first-order chi connectivity index (χ1) is 29.3. The molecule has 8 N–H and O–H groups in total. The number of nitrogens with two attached hydrogens (primary N) is 3. The van der Waals surface area contributed by atoms with Crippen molar-refractivity contribution in [1.82, 2.24) is 29.8 Å². The number of carbonyl (C=O) groups is 3. The first-order valence-corrected chi connectivity index (χ1v) is 24.0. The second-order valence-corrected chi connectivity index (χ2v) is 18.9. The molecule has 0 radical (unpaired) electrons. The van der Waals surface area contributed by atoms with Gasteiger partial charge in [-0.05, 0) is 150 Å². The second-order valence-electron chi connectivity index (χ2n) is 15.7. The minimum absolute atomic E-state index is 0. The van der Waals surface area contributed by atoms with Gasteiger partial charge in [0, 0.05) is 37.0 Å². The van der Waals surface area contributed by atoms with E-state index in [4.69, 9.17) is 22.3 Å². The molecule has 6 heterocycles. The molecule has 0 saturated heterocycles. The van der Waals surface area contributed by atoms with Gasteiger partial charge in [0.05, 0.1) is 28.1 Å². The van der Waals surface area contributed by atoms with E-state index >= 15 is 0 Å². The Kier molecular flexibility index (Phi) is 16.5. The molecule has 13 nitrogen and oxygen atoms in total. The normalized spacial score (nSPS) is 13.7. The third kappa shape index (κ3) is 10.1. The van der Waals surface area contributed by atoms with Crippen LogP contribution in [-0.2, 0) is 57.8 Å². The Hall–Kier alpha value is -5.06. The fraction of sp³-hybridized carbons (Fsp3) is 0.478. The van der Waals surface area contributed by atoms with Crippen molar-refractivity contribution in [3.8, 4) is 0 Å². The van der Waals surface area contributed by atoms with Crippen LogP contribution in [0, 0.1) is 20.8 Å². The fourth-order valence-electron chi connectivity index (χ4n) is 8.40. The number of H-pyrrole nitrogens is 1. The molecular formula is C46H63N9O4S3. The molecule has 0 spiro atoms. The van der Waals surface area contributed by atoms with E-state index < -0.39 is 5.97 Å². The number of hydrogen-bond donors (Lipinski definition) is 5. The van der Waals surface area contributed by atoms with Gasteiger partial charge < -0.3 is 22.3 Å². The van der Waals surface area contributed by atoms with Crippen LogP contribution < -0.4 is 17.2 Å². The molecular weight excluding hydrogens is 839 g/mol. The molecule has 0 atom stereocenters. The number of aromatic nitrogens is 6. The molecule has 0 saturated carbocycles. The molecule has 0 bridgehead atoms.